The van der Waals surface area contributed by atoms with Crippen LogP contribution in [-0.4, -0.2) is 28.9 Å². The number of carbonyl (C=O) groups is 1. The lowest BCUT2D eigenvalue weighted by Gasteiger charge is -2.25. The van der Waals surface area contributed by atoms with Gasteiger partial charge in [0.1, 0.15) is 0 Å². The van der Waals surface area contributed by atoms with Crippen LogP contribution in [0.3, 0.4) is 0 Å². The highest BCUT2D eigenvalue weighted by molar-refractivity contribution is 5.78. The van der Waals surface area contributed by atoms with Crippen LogP contribution < -0.4 is 14.8 Å². The van der Waals surface area contributed by atoms with Crippen molar-refractivity contribution in [2.24, 2.45) is 11.8 Å². The van der Waals surface area contributed by atoms with Crippen LogP contribution in [0.15, 0.2) is 18.2 Å². The minimum Gasteiger partial charge on any atom is -0.490 e. The van der Waals surface area contributed by atoms with Crippen molar-refractivity contribution in [1.29, 1.82) is 0 Å². The van der Waals surface area contributed by atoms with Gasteiger partial charge in [-0.3, -0.25) is 9.48 Å². The molecule has 1 aromatic carbocycles. The van der Waals surface area contributed by atoms with Crippen molar-refractivity contribution in [3.63, 3.8) is 0 Å². The van der Waals surface area contributed by atoms with E-state index in [2.05, 4.69) is 38.1 Å². The normalized spacial score (nSPS) is 15.7. The summed E-state index contributed by atoms with van der Waals surface area (Å²) >= 11 is 0. The van der Waals surface area contributed by atoms with Gasteiger partial charge in [-0.15, -0.1) is 0 Å². The number of ether oxygens (including phenoxy) is 2. The Morgan fingerprint density at radius 1 is 1.14 bits per heavy atom. The number of amides is 1. The van der Waals surface area contributed by atoms with Crippen LogP contribution >= 0.6 is 0 Å². The predicted molar refractivity (Wildman–Crippen MR) is 113 cm³/mol. The number of fused-ring (bicyclic) bond motifs is 1. The van der Waals surface area contributed by atoms with Gasteiger partial charge in [-0.2, -0.15) is 5.10 Å². The minimum absolute atomic E-state index is 0.0287. The van der Waals surface area contributed by atoms with Crippen LogP contribution in [0.4, 0.5) is 0 Å². The largest absolute Gasteiger partial charge is 0.490 e. The van der Waals surface area contributed by atoms with Crippen molar-refractivity contribution in [1.82, 2.24) is 15.1 Å². The van der Waals surface area contributed by atoms with Crippen molar-refractivity contribution >= 4 is 5.91 Å². The summed E-state index contributed by atoms with van der Waals surface area (Å²) in [6.45, 7) is 14.2. The summed E-state index contributed by atoms with van der Waals surface area (Å²) in [5.41, 5.74) is 4.35. The fourth-order valence-corrected chi connectivity index (χ4v) is 3.61. The van der Waals surface area contributed by atoms with Crippen LogP contribution in [0.2, 0.25) is 0 Å². The molecule has 0 fully saturated rings. The zero-order valence-corrected chi connectivity index (χ0v) is 18.4. The first-order valence-corrected chi connectivity index (χ1v) is 10.5. The number of nitrogens with one attached hydrogen (secondary N) is 1. The van der Waals surface area contributed by atoms with Gasteiger partial charge in [-0.25, -0.2) is 0 Å². The van der Waals surface area contributed by atoms with Gasteiger partial charge in [-0.1, -0.05) is 26.8 Å². The Morgan fingerprint density at radius 2 is 1.83 bits per heavy atom. The molecule has 29 heavy (non-hydrogen) atoms. The molecule has 1 aliphatic heterocycles. The fraction of sp³-hybridized carbons (Fsp3) is 0.565. The average Bonchev–Trinajstić information content (AvgIpc) is 2.86. The van der Waals surface area contributed by atoms with E-state index in [0.29, 0.717) is 19.8 Å². The highest BCUT2D eigenvalue weighted by Crippen LogP contribution is 2.34. The molecule has 2 atom stereocenters. The van der Waals surface area contributed by atoms with Crippen molar-refractivity contribution in [3.8, 4) is 11.5 Å². The molecule has 158 valence electrons. The molecule has 0 saturated carbocycles. The summed E-state index contributed by atoms with van der Waals surface area (Å²) in [5.74, 6) is 1.61. The molecule has 1 N–H and O–H groups in total. The molecule has 3 rings (SSSR count). The fourth-order valence-electron chi connectivity index (χ4n) is 3.61. The molecular formula is C23H33N3O3. The summed E-state index contributed by atoms with van der Waals surface area (Å²) in [7, 11) is 0. The smallest absolute Gasteiger partial charge is 0.225 e. The maximum atomic E-state index is 13.0. The van der Waals surface area contributed by atoms with Gasteiger partial charge in [0, 0.05) is 12.1 Å². The predicted octanol–water partition coefficient (Wildman–Crippen LogP) is 4.12. The maximum Gasteiger partial charge on any atom is 0.225 e. The molecule has 0 aliphatic carbocycles. The van der Waals surface area contributed by atoms with Crippen LogP contribution in [0, 0.1) is 32.6 Å². The van der Waals surface area contributed by atoms with Gasteiger partial charge in [0.2, 0.25) is 5.91 Å². The van der Waals surface area contributed by atoms with Gasteiger partial charge < -0.3 is 14.8 Å². The molecule has 6 nitrogen and oxygen atoms in total. The molecule has 0 spiro atoms. The van der Waals surface area contributed by atoms with Crippen LogP contribution in [0.5, 0.6) is 11.5 Å². The minimum atomic E-state index is -0.186. The summed E-state index contributed by atoms with van der Waals surface area (Å²) in [4.78, 5) is 13.0. The van der Waals surface area contributed by atoms with Crippen molar-refractivity contribution in [3.05, 3.63) is 40.7 Å². The van der Waals surface area contributed by atoms with Crippen LogP contribution in [0.1, 0.15) is 55.7 Å². The number of hydrogen-bond acceptors (Lipinski definition) is 4. The van der Waals surface area contributed by atoms with E-state index < -0.39 is 0 Å². The number of hydrogen-bond donors (Lipinski definition) is 1. The number of nitrogens with zero attached hydrogens (tertiary/aromatic N) is 2. The van der Waals surface area contributed by atoms with E-state index in [-0.39, 0.29) is 23.8 Å². The van der Waals surface area contributed by atoms with Gasteiger partial charge in [0.25, 0.3) is 0 Å². The Kier molecular flexibility index (Phi) is 6.50. The van der Waals surface area contributed by atoms with E-state index in [1.54, 1.807) is 0 Å². The van der Waals surface area contributed by atoms with Gasteiger partial charge in [-0.05, 0) is 49.9 Å². The Hall–Kier alpha value is -2.50. The SMILES string of the molecule is Cc1nn(C[C@H](C)C(=O)N[C@@H](c2ccc3c(c2)OCCCO3)C(C)C)c(C)c1C. The molecule has 0 bridgehead atoms. The molecule has 0 unspecified atom stereocenters. The van der Waals surface area contributed by atoms with E-state index in [9.17, 15) is 4.79 Å². The zero-order valence-electron chi connectivity index (χ0n) is 18.4. The third-order valence-corrected chi connectivity index (χ3v) is 5.73. The van der Waals surface area contributed by atoms with Crippen molar-refractivity contribution in [2.75, 3.05) is 13.2 Å². The Morgan fingerprint density at radius 3 is 2.45 bits per heavy atom. The Bertz CT molecular complexity index is 872. The molecule has 0 radical (unpaired) electrons. The van der Waals surface area contributed by atoms with Crippen LogP contribution in [0.25, 0.3) is 0 Å². The molecule has 2 heterocycles. The highest BCUT2D eigenvalue weighted by atomic mass is 16.5. The molecule has 1 aliphatic rings. The topological polar surface area (TPSA) is 65.4 Å². The number of aromatic nitrogens is 2. The van der Waals surface area contributed by atoms with E-state index in [4.69, 9.17) is 9.47 Å². The monoisotopic (exact) mass is 399 g/mol. The second-order valence-electron chi connectivity index (χ2n) is 8.37. The van der Waals surface area contributed by atoms with Gasteiger partial charge in [0.15, 0.2) is 11.5 Å². The molecule has 0 saturated heterocycles. The second kappa shape index (κ2) is 8.89. The van der Waals surface area contributed by atoms with Crippen molar-refractivity contribution in [2.45, 2.75) is 60.5 Å². The Labute approximate surface area is 173 Å². The summed E-state index contributed by atoms with van der Waals surface area (Å²) in [6, 6.07) is 5.87. The zero-order chi connectivity index (χ0) is 21.1. The van der Waals surface area contributed by atoms with E-state index in [0.717, 1.165) is 34.9 Å². The van der Waals surface area contributed by atoms with E-state index in [1.807, 2.05) is 36.7 Å². The van der Waals surface area contributed by atoms with Gasteiger partial charge in [0.05, 0.1) is 37.4 Å². The third kappa shape index (κ3) is 4.74. The second-order valence-corrected chi connectivity index (χ2v) is 8.37. The maximum absolute atomic E-state index is 13.0. The van der Waals surface area contributed by atoms with Gasteiger partial charge >= 0.3 is 0 Å². The summed E-state index contributed by atoms with van der Waals surface area (Å²) in [5, 5.41) is 7.81. The van der Waals surface area contributed by atoms with E-state index in [1.165, 1.54) is 5.56 Å². The van der Waals surface area contributed by atoms with E-state index >= 15 is 0 Å². The molecular weight excluding hydrogens is 366 g/mol. The number of benzene rings is 1. The average molecular weight is 400 g/mol. The summed E-state index contributed by atoms with van der Waals surface area (Å²) in [6.07, 6.45) is 0.873. The lowest BCUT2D eigenvalue weighted by atomic mass is 9.94. The highest BCUT2D eigenvalue weighted by Gasteiger charge is 2.24. The first-order chi connectivity index (χ1) is 13.8. The summed E-state index contributed by atoms with van der Waals surface area (Å²) < 4.78 is 13.5. The number of carbonyl (C=O) groups excluding carboxylic acids is 1. The lowest BCUT2D eigenvalue weighted by molar-refractivity contribution is -0.126. The third-order valence-electron chi connectivity index (χ3n) is 5.73. The molecule has 2 aromatic rings. The first kappa shape index (κ1) is 21.2. The standard InChI is InChI=1S/C23H33N3O3/c1-14(2)22(19-8-9-20-21(12-19)29-11-7-10-28-20)24-23(27)15(3)13-26-18(6)16(4)17(5)25-26/h8-9,12,14-15,22H,7,10-11,13H2,1-6H3,(H,24,27)/t15-,22+/m0/s1. The number of aryl methyl sites for hydroxylation is 1. The quantitative estimate of drug-likeness (QED) is 0.794. The Balaban J connectivity index is 1.73. The number of rotatable bonds is 6. The molecule has 1 amide bonds. The first-order valence-electron chi connectivity index (χ1n) is 10.5. The lowest BCUT2D eigenvalue weighted by Crippen LogP contribution is -2.37. The molecule has 6 heteroatoms. The van der Waals surface area contributed by atoms with Crippen molar-refractivity contribution < 1.29 is 14.3 Å². The van der Waals surface area contributed by atoms with Crippen LogP contribution in [-0.2, 0) is 11.3 Å². The molecule has 1 aromatic heterocycles.